The Hall–Kier alpha value is -1.56. The van der Waals surface area contributed by atoms with Crippen LogP contribution in [0, 0.1) is 0 Å². The molecule has 6 heteroatoms. The van der Waals surface area contributed by atoms with Crippen LogP contribution in [0.5, 0.6) is 0 Å². The highest BCUT2D eigenvalue weighted by molar-refractivity contribution is 5.79. The maximum Gasteiger partial charge on any atom is 0.341 e. The second-order valence-corrected chi connectivity index (χ2v) is 5.13. The molecule has 1 amide bonds. The van der Waals surface area contributed by atoms with Crippen molar-refractivity contribution >= 4 is 11.8 Å². The minimum absolute atomic E-state index is 0.327. The molecule has 1 unspecified atom stereocenters. The molecule has 3 heterocycles. The first kappa shape index (κ1) is 11.5. The molecule has 2 aliphatic heterocycles. The van der Waals surface area contributed by atoms with Crippen molar-refractivity contribution in [3.05, 3.63) is 11.3 Å². The van der Waals surface area contributed by atoms with Crippen molar-refractivity contribution in [1.29, 1.82) is 0 Å². The van der Waals surface area contributed by atoms with Crippen molar-refractivity contribution in [3.63, 3.8) is 0 Å². The minimum atomic E-state index is -0.509. The molecule has 0 aromatic carbocycles. The quantitative estimate of drug-likeness (QED) is 0.776. The maximum absolute atomic E-state index is 11.4. The van der Waals surface area contributed by atoms with Crippen LogP contribution in [0.3, 0.4) is 0 Å². The SMILES string of the molecule is CN1CCCCC1c1nn(C(N)=O)c2c1CCN2. The third kappa shape index (κ3) is 1.68. The highest BCUT2D eigenvalue weighted by atomic mass is 16.2. The molecule has 1 saturated heterocycles. The zero-order chi connectivity index (χ0) is 12.7. The fraction of sp³-hybridized carbons (Fsp3) is 0.667. The molecule has 1 atom stereocenters. The molecule has 2 aliphatic rings. The van der Waals surface area contributed by atoms with Gasteiger partial charge in [-0.3, -0.25) is 4.90 Å². The predicted octanol–water partition coefficient (Wildman–Crippen LogP) is 0.935. The van der Waals surface area contributed by atoms with Crippen molar-refractivity contribution in [2.24, 2.45) is 5.73 Å². The van der Waals surface area contributed by atoms with E-state index in [1.54, 1.807) is 0 Å². The summed E-state index contributed by atoms with van der Waals surface area (Å²) in [6.07, 6.45) is 4.51. The topological polar surface area (TPSA) is 76.2 Å². The van der Waals surface area contributed by atoms with Crippen LogP contribution in [-0.2, 0) is 6.42 Å². The fourth-order valence-electron chi connectivity index (χ4n) is 3.05. The summed E-state index contributed by atoms with van der Waals surface area (Å²) in [6, 6.07) is -0.182. The number of anilines is 1. The van der Waals surface area contributed by atoms with Crippen LogP contribution in [0.1, 0.15) is 36.6 Å². The number of hydrogen-bond donors (Lipinski definition) is 2. The molecule has 3 rings (SSSR count). The highest BCUT2D eigenvalue weighted by Crippen LogP contribution is 2.35. The lowest BCUT2D eigenvalue weighted by atomic mass is 9.97. The van der Waals surface area contributed by atoms with E-state index in [-0.39, 0.29) is 0 Å². The molecular formula is C12H19N5O. The maximum atomic E-state index is 11.4. The molecule has 0 spiro atoms. The number of amides is 1. The number of hydrogen-bond acceptors (Lipinski definition) is 4. The van der Waals surface area contributed by atoms with Crippen LogP contribution in [0.25, 0.3) is 0 Å². The molecular weight excluding hydrogens is 230 g/mol. The van der Waals surface area contributed by atoms with E-state index in [0.717, 1.165) is 37.4 Å². The molecule has 6 nitrogen and oxygen atoms in total. The molecule has 0 radical (unpaired) electrons. The third-order valence-corrected chi connectivity index (χ3v) is 3.98. The van der Waals surface area contributed by atoms with Gasteiger partial charge < -0.3 is 11.1 Å². The van der Waals surface area contributed by atoms with Gasteiger partial charge in [-0.25, -0.2) is 4.79 Å². The van der Waals surface area contributed by atoms with E-state index in [1.807, 2.05) is 0 Å². The van der Waals surface area contributed by atoms with Gasteiger partial charge in [0.05, 0.1) is 11.7 Å². The lowest BCUT2D eigenvalue weighted by Crippen LogP contribution is -2.31. The zero-order valence-electron chi connectivity index (χ0n) is 10.6. The number of nitrogens with zero attached hydrogens (tertiary/aromatic N) is 3. The molecule has 0 bridgehead atoms. The first-order valence-corrected chi connectivity index (χ1v) is 6.54. The Labute approximate surface area is 106 Å². The number of aromatic nitrogens is 2. The average Bonchev–Trinajstić information content (AvgIpc) is 2.90. The van der Waals surface area contributed by atoms with Crippen molar-refractivity contribution < 1.29 is 4.79 Å². The van der Waals surface area contributed by atoms with Crippen molar-refractivity contribution in [3.8, 4) is 0 Å². The van der Waals surface area contributed by atoms with Crippen LogP contribution < -0.4 is 11.1 Å². The molecule has 98 valence electrons. The molecule has 1 fully saturated rings. The largest absolute Gasteiger partial charge is 0.369 e. The van der Waals surface area contributed by atoms with Gasteiger partial charge in [0.15, 0.2) is 0 Å². The zero-order valence-corrected chi connectivity index (χ0v) is 10.6. The first-order valence-electron chi connectivity index (χ1n) is 6.54. The standard InChI is InChI=1S/C12H19N5O/c1-16-7-3-2-4-9(16)10-8-5-6-14-11(8)17(15-10)12(13)18/h9,14H,2-7H2,1H3,(H2,13,18). The average molecular weight is 249 g/mol. The summed E-state index contributed by atoms with van der Waals surface area (Å²) in [4.78, 5) is 13.7. The number of nitrogens with two attached hydrogens (primary N) is 1. The summed E-state index contributed by atoms with van der Waals surface area (Å²) in [7, 11) is 2.13. The number of carbonyl (C=O) groups excluding carboxylic acids is 1. The van der Waals surface area contributed by atoms with Gasteiger partial charge >= 0.3 is 6.03 Å². The smallest absolute Gasteiger partial charge is 0.341 e. The predicted molar refractivity (Wildman–Crippen MR) is 68.6 cm³/mol. The number of piperidine rings is 1. The normalized spacial score (nSPS) is 23.7. The van der Waals surface area contributed by atoms with Gasteiger partial charge in [0.25, 0.3) is 0 Å². The monoisotopic (exact) mass is 249 g/mol. The van der Waals surface area contributed by atoms with E-state index >= 15 is 0 Å². The van der Waals surface area contributed by atoms with Gasteiger partial charge in [-0.05, 0) is 32.9 Å². The molecule has 0 saturated carbocycles. The first-order chi connectivity index (χ1) is 8.68. The molecule has 18 heavy (non-hydrogen) atoms. The van der Waals surface area contributed by atoms with Crippen molar-refractivity contribution in [2.75, 3.05) is 25.5 Å². The summed E-state index contributed by atoms with van der Waals surface area (Å²) in [5.74, 6) is 0.802. The number of nitrogens with one attached hydrogen (secondary N) is 1. The second kappa shape index (κ2) is 4.28. The number of likely N-dealkylation sites (tertiary alicyclic amines) is 1. The molecule has 1 aromatic heterocycles. The van der Waals surface area contributed by atoms with Gasteiger partial charge in [0.2, 0.25) is 0 Å². The van der Waals surface area contributed by atoms with Gasteiger partial charge in [0.1, 0.15) is 5.82 Å². The Morgan fingerprint density at radius 2 is 2.33 bits per heavy atom. The van der Waals surface area contributed by atoms with E-state index in [2.05, 4.69) is 22.4 Å². The highest BCUT2D eigenvalue weighted by Gasteiger charge is 2.31. The molecule has 0 aliphatic carbocycles. The van der Waals surface area contributed by atoms with Crippen molar-refractivity contribution in [1.82, 2.24) is 14.7 Å². The molecule has 3 N–H and O–H groups in total. The van der Waals surface area contributed by atoms with Crippen LogP contribution >= 0.6 is 0 Å². The fourth-order valence-corrected chi connectivity index (χ4v) is 3.05. The lowest BCUT2D eigenvalue weighted by Gasteiger charge is -2.31. The number of primary amides is 1. The third-order valence-electron chi connectivity index (χ3n) is 3.98. The van der Waals surface area contributed by atoms with E-state index < -0.39 is 6.03 Å². The summed E-state index contributed by atoms with van der Waals surface area (Å²) in [5, 5.41) is 7.65. The molecule has 1 aromatic rings. The summed E-state index contributed by atoms with van der Waals surface area (Å²) >= 11 is 0. The van der Waals surface area contributed by atoms with E-state index in [4.69, 9.17) is 5.73 Å². The Morgan fingerprint density at radius 1 is 1.50 bits per heavy atom. The Kier molecular flexibility index (Phi) is 2.74. The Bertz CT molecular complexity index is 481. The van der Waals surface area contributed by atoms with Gasteiger partial charge in [-0.2, -0.15) is 9.78 Å². The van der Waals surface area contributed by atoms with Crippen LogP contribution in [-0.4, -0.2) is 40.8 Å². The van der Waals surface area contributed by atoms with E-state index in [1.165, 1.54) is 23.1 Å². The summed E-state index contributed by atoms with van der Waals surface area (Å²) < 4.78 is 1.32. The lowest BCUT2D eigenvalue weighted by molar-refractivity contribution is 0.182. The summed E-state index contributed by atoms with van der Waals surface area (Å²) in [6.45, 7) is 1.96. The summed E-state index contributed by atoms with van der Waals surface area (Å²) in [5.41, 5.74) is 7.58. The van der Waals surface area contributed by atoms with E-state index in [9.17, 15) is 4.79 Å². The van der Waals surface area contributed by atoms with E-state index in [0.29, 0.717) is 6.04 Å². The van der Waals surface area contributed by atoms with Crippen LogP contribution in [0.4, 0.5) is 10.6 Å². The Morgan fingerprint density at radius 3 is 3.06 bits per heavy atom. The Balaban J connectivity index is 2.01. The number of fused-ring (bicyclic) bond motifs is 1. The van der Waals surface area contributed by atoms with Gasteiger partial charge in [-0.1, -0.05) is 6.42 Å². The van der Waals surface area contributed by atoms with Gasteiger partial charge in [0, 0.05) is 12.1 Å². The number of carbonyl (C=O) groups is 1. The van der Waals surface area contributed by atoms with Crippen molar-refractivity contribution in [2.45, 2.75) is 31.7 Å². The number of rotatable bonds is 1. The second-order valence-electron chi connectivity index (χ2n) is 5.13. The van der Waals surface area contributed by atoms with Crippen LogP contribution in [0.2, 0.25) is 0 Å². The van der Waals surface area contributed by atoms with Crippen LogP contribution in [0.15, 0.2) is 0 Å². The van der Waals surface area contributed by atoms with Gasteiger partial charge in [-0.15, -0.1) is 0 Å². The minimum Gasteiger partial charge on any atom is -0.369 e.